The van der Waals surface area contributed by atoms with Crippen molar-refractivity contribution in [2.45, 2.75) is 103 Å². The molecule has 3 heterocycles. The molecule has 1 aliphatic heterocycles. The van der Waals surface area contributed by atoms with Gasteiger partial charge in [-0.15, -0.1) is 0 Å². The van der Waals surface area contributed by atoms with Gasteiger partial charge in [-0.25, -0.2) is 14.1 Å². The first-order valence-electron chi connectivity index (χ1n) is 17.3. The second-order valence-electron chi connectivity index (χ2n) is 13.5. The monoisotopic (exact) mass is 758 g/mol. The van der Waals surface area contributed by atoms with Crippen LogP contribution < -0.4 is 15.3 Å². The Morgan fingerprint density at radius 1 is 1.13 bits per heavy atom. The molecular formula is C35H47N6O11P. The minimum Gasteiger partial charge on any atom is -0.464 e. The molecule has 0 bridgehead atoms. The molecule has 1 fully saturated rings. The quantitative estimate of drug-likeness (QED) is 0.100. The first-order valence-corrected chi connectivity index (χ1v) is 18.8. The van der Waals surface area contributed by atoms with E-state index in [2.05, 4.69) is 15.2 Å². The molecule has 17 nitrogen and oxygen atoms in total. The predicted molar refractivity (Wildman–Crippen MR) is 189 cm³/mol. The SMILES string of the molecule is CCC(CC)COC(=O)C(C)N[P@](=O)(OCC1OC(C#N)(c2ccc3c(N)ncnn23)C(O)C1OC(=O)CCC(=O)OC(C)(C)C)Oc1ccccc1. The highest BCUT2D eigenvalue weighted by atomic mass is 31.2. The number of rotatable bonds is 17. The van der Waals surface area contributed by atoms with E-state index in [-0.39, 0.29) is 36.2 Å². The number of nitrogen functional groups attached to an aromatic ring is 1. The number of aliphatic hydroxyl groups excluding tert-OH is 1. The Bertz CT molecular complexity index is 1820. The summed E-state index contributed by atoms with van der Waals surface area (Å²) in [5.41, 5.74) is 3.30. The fourth-order valence-corrected chi connectivity index (χ4v) is 7.01. The summed E-state index contributed by atoms with van der Waals surface area (Å²) in [7, 11) is -4.49. The zero-order valence-electron chi connectivity index (χ0n) is 30.6. The molecule has 288 valence electrons. The van der Waals surface area contributed by atoms with Crippen molar-refractivity contribution in [3.05, 3.63) is 54.5 Å². The molecule has 0 spiro atoms. The van der Waals surface area contributed by atoms with Gasteiger partial charge in [-0.05, 0) is 57.9 Å². The number of nitrogens with one attached hydrogen (secondary N) is 1. The summed E-state index contributed by atoms with van der Waals surface area (Å²) in [5.74, 6) is -1.93. The summed E-state index contributed by atoms with van der Waals surface area (Å²) in [6.07, 6.45) is -2.98. The van der Waals surface area contributed by atoms with Crippen LogP contribution in [0, 0.1) is 17.2 Å². The molecule has 0 amide bonds. The van der Waals surface area contributed by atoms with Crippen molar-refractivity contribution < 1.29 is 52.1 Å². The first-order chi connectivity index (χ1) is 25.0. The van der Waals surface area contributed by atoms with Crippen molar-refractivity contribution in [3.8, 4) is 11.8 Å². The third-order valence-corrected chi connectivity index (χ3v) is 10.0. The number of nitriles is 1. The standard InChI is InChI=1S/C35H47N6O11P/c1-7-23(8-2)18-47-33(45)22(3)40-53(46,52-24-12-10-9-11-13-24)48-19-26-30(49-28(42)16-17-29(43)51-34(4,5)6)31(44)35(20-36,50-26)27-15-14-25-32(37)38-21-39-41(25)27/h9-15,21-23,26,30-31,44H,7-8,16-19H2,1-6H3,(H,40,46)(H2,37,38,39)/t22?,26?,30?,31?,35?,53-/m0/s1. The number of nitrogens with zero attached hydrogens (tertiary/aromatic N) is 4. The molecule has 1 saturated heterocycles. The number of aliphatic hydroxyl groups is 1. The Balaban J connectivity index is 1.63. The minimum absolute atomic E-state index is 0.0181. The molecular weight excluding hydrogens is 711 g/mol. The average Bonchev–Trinajstić information content (AvgIpc) is 3.66. The fraction of sp³-hybridized carbons (Fsp3) is 0.543. The summed E-state index contributed by atoms with van der Waals surface area (Å²) in [6, 6.07) is 11.8. The van der Waals surface area contributed by atoms with E-state index in [9.17, 15) is 29.3 Å². The smallest absolute Gasteiger partial charge is 0.459 e. The van der Waals surface area contributed by atoms with E-state index < -0.39 is 74.2 Å². The number of carbonyl (C=O) groups is 3. The minimum atomic E-state index is -4.49. The van der Waals surface area contributed by atoms with Gasteiger partial charge in [-0.1, -0.05) is 44.9 Å². The number of anilines is 1. The molecule has 3 aromatic rings. The number of esters is 3. The Kier molecular flexibility index (Phi) is 13.6. The van der Waals surface area contributed by atoms with Crippen LogP contribution in [-0.4, -0.2) is 80.8 Å². The lowest BCUT2D eigenvalue weighted by Gasteiger charge is -2.26. The molecule has 1 aliphatic rings. The average molecular weight is 759 g/mol. The van der Waals surface area contributed by atoms with E-state index in [0.717, 1.165) is 19.2 Å². The summed E-state index contributed by atoms with van der Waals surface area (Å²) in [5, 5.41) is 29.1. The summed E-state index contributed by atoms with van der Waals surface area (Å²) in [6.45, 7) is 9.90. The Hall–Kier alpha value is -4.59. The van der Waals surface area contributed by atoms with Crippen LogP contribution in [0.25, 0.3) is 5.52 Å². The first kappa shape index (κ1) is 41.2. The number of hydrogen-bond acceptors (Lipinski definition) is 15. The molecule has 0 saturated carbocycles. The molecule has 2 aromatic heterocycles. The lowest BCUT2D eigenvalue weighted by molar-refractivity contribution is -0.162. The number of aromatic nitrogens is 3. The van der Waals surface area contributed by atoms with Crippen LogP contribution in [0.15, 0.2) is 48.8 Å². The van der Waals surface area contributed by atoms with Crippen molar-refractivity contribution in [1.29, 1.82) is 5.26 Å². The maximum Gasteiger partial charge on any atom is 0.459 e. The van der Waals surface area contributed by atoms with E-state index in [1.54, 1.807) is 39.0 Å². The van der Waals surface area contributed by atoms with Crippen LogP contribution in [0.4, 0.5) is 5.82 Å². The number of ether oxygens (including phenoxy) is 4. The zero-order chi connectivity index (χ0) is 39.0. The van der Waals surface area contributed by atoms with Gasteiger partial charge in [0.05, 0.1) is 31.7 Å². The maximum absolute atomic E-state index is 14.3. The molecule has 0 aliphatic carbocycles. The van der Waals surface area contributed by atoms with Crippen LogP contribution in [0.2, 0.25) is 0 Å². The Labute approximate surface area is 307 Å². The van der Waals surface area contributed by atoms with Crippen LogP contribution in [0.1, 0.15) is 72.9 Å². The third kappa shape index (κ3) is 10.3. The lowest BCUT2D eigenvalue weighted by Crippen LogP contribution is -2.43. The number of nitrogens with two attached hydrogens (primary N) is 1. The van der Waals surface area contributed by atoms with Gasteiger partial charge in [-0.2, -0.15) is 15.4 Å². The van der Waals surface area contributed by atoms with E-state index in [0.29, 0.717) is 5.52 Å². The normalized spacial score (nSPS) is 21.8. The van der Waals surface area contributed by atoms with Crippen LogP contribution in [-0.2, 0) is 48.0 Å². The van der Waals surface area contributed by atoms with E-state index in [1.165, 1.54) is 35.7 Å². The Morgan fingerprint density at radius 2 is 1.81 bits per heavy atom. The molecule has 0 radical (unpaired) electrons. The van der Waals surface area contributed by atoms with Gasteiger partial charge >= 0.3 is 25.7 Å². The largest absolute Gasteiger partial charge is 0.464 e. The van der Waals surface area contributed by atoms with Crippen molar-refractivity contribution >= 4 is 37.0 Å². The number of hydrogen-bond donors (Lipinski definition) is 3. The summed E-state index contributed by atoms with van der Waals surface area (Å²) < 4.78 is 49.7. The van der Waals surface area contributed by atoms with Gasteiger partial charge < -0.3 is 34.3 Å². The third-order valence-electron chi connectivity index (χ3n) is 8.38. The molecule has 18 heteroatoms. The number of carbonyl (C=O) groups excluding carboxylic acids is 3. The summed E-state index contributed by atoms with van der Waals surface area (Å²) >= 11 is 0. The topological polar surface area (TPSA) is 236 Å². The second kappa shape index (κ2) is 17.5. The fourth-order valence-electron chi connectivity index (χ4n) is 5.50. The van der Waals surface area contributed by atoms with Crippen LogP contribution in [0.3, 0.4) is 0 Å². The highest BCUT2D eigenvalue weighted by molar-refractivity contribution is 7.52. The van der Waals surface area contributed by atoms with Crippen molar-refractivity contribution in [2.24, 2.45) is 5.92 Å². The van der Waals surface area contributed by atoms with Gasteiger partial charge in [0.25, 0.3) is 0 Å². The lowest BCUT2D eigenvalue weighted by atomic mass is 9.92. The molecule has 53 heavy (non-hydrogen) atoms. The number of fused-ring (bicyclic) bond motifs is 1. The molecule has 6 atom stereocenters. The predicted octanol–water partition coefficient (Wildman–Crippen LogP) is 3.98. The zero-order valence-corrected chi connectivity index (χ0v) is 31.5. The highest BCUT2D eigenvalue weighted by Crippen LogP contribution is 2.48. The number of benzene rings is 1. The van der Waals surface area contributed by atoms with Gasteiger partial charge in [0.1, 0.15) is 47.5 Å². The van der Waals surface area contributed by atoms with Gasteiger partial charge in [0.2, 0.25) is 5.60 Å². The number of para-hydroxylation sites is 1. The molecule has 1 aromatic carbocycles. The molecule has 4 N–H and O–H groups in total. The molecule has 5 unspecified atom stereocenters. The van der Waals surface area contributed by atoms with Crippen molar-refractivity contribution in [3.63, 3.8) is 0 Å². The van der Waals surface area contributed by atoms with E-state index >= 15 is 0 Å². The maximum atomic E-state index is 14.3. The Morgan fingerprint density at radius 3 is 2.45 bits per heavy atom. The van der Waals surface area contributed by atoms with Crippen molar-refractivity contribution in [1.82, 2.24) is 19.7 Å². The highest BCUT2D eigenvalue weighted by Gasteiger charge is 2.60. The molecule has 4 rings (SSSR count). The van der Waals surface area contributed by atoms with Crippen molar-refractivity contribution in [2.75, 3.05) is 18.9 Å². The second-order valence-corrected chi connectivity index (χ2v) is 15.2. The van der Waals surface area contributed by atoms with Gasteiger partial charge in [0, 0.05) is 0 Å². The summed E-state index contributed by atoms with van der Waals surface area (Å²) in [4.78, 5) is 42.3. The van der Waals surface area contributed by atoms with Crippen LogP contribution in [0.5, 0.6) is 5.75 Å². The van der Waals surface area contributed by atoms with Gasteiger partial charge in [0.15, 0.2) is 11.9 Å². The van der Waals surface area contributed by atoms with E-state index in [1.807, 2.05) is 19.9 Å². The van der Waals surface area contributed by atoms with Crippen LogP contribution >= 0.6 is 7.75 Å². The van der Waals surface area contributed by atoms with E-state index in [4.69, 9.17) is 33.7 Å². The van der Waals surface area contributed by atoms with Gasteiger partial charge in [-0.3, -0.25) is 18.9 Å².